The maximum atomic E-state index is 13.4. The molecule has 8 nitrogen and oxygen atoms in total. The molecule has 1 aliphatic heterocycles. The van der Waals surface area contributed by atoms with E-state index >= 15 is 0 Å². The van der Waals surface area contributed by atoms with E-state index in [2.05, 4.69) is 10.2 Å². The van der Waals surface area contributed by atoms with Crippen LogP contribution in [-0.4, -0.2) is 62.3 Å². The Morgan fingerprint density at radius 3 is 2.44 bits per heavy atom. The van der Waals surface area contributed by atoms with Crippen molar-refractivity contribution >= 4 is 17.5 Å². The average molecular weight is 458 g/mol. The molecule has 0 fully saturated rings. The van der Waals surface area contributed by atoms with Gasteiger partial charge < -0.3 is 23.8 Å². The number of carbonyl (C=O) groups excluding carboxylic acids is 1. The monoisotopic (exact) mass is 457 g/mol. The van der Waals surface area contributed by atoms with Gasteiger partial charge in [-0.25, -0.2) is 0 Å². The Morgan fingerprint density at radius 2 is 1.78 bits per heavy atom. The summed E-state index contributed by atoms with van der Waals surface area (Å²) in [6.45, 7) is 0.218. The van der Waals surface area contributed by atoms with Crippen LogP contribution in [0.4, 0.5) is 0 Å². The fourth-order valence-electron chi connectivity index (χ4n) is 4.01. The van der Waals surface area contributed by atoms with Gasteiger partial charge in [-0.2, -0.15) is 5.10 Å². The lowest BCUT2D eigenvalue weighted by molar-refractivity contribution is -0.113. The lowest BCUT2D eigenvalue weighted by Gasteiger charge is -2.29. The number of carbonyl (C=O) groups is 1. The van der Waals surface area contributed by atoms with Gasteiger partial charge in [0.25, 0.3) is 5.91 Å². The van der Waals surface area contributed by atoms with Gasteiger partial charge in [0, 0.05) is 30.4 Å². The zero-order chi connectivity index (χ0) is 22.8. The standard InChI is InChI=1S/C23H24ClN3O5/c1-29-16-10-9-13(11-17(16)30-2)20-19-21(26-25-20)23(28)27(12-18(31-3)32-4)22(19)14-7-5-6-8-15(14)24/h5-11,18,22H,12H2,1-4H3,(H,25,26). The number of halogens is 1. The molecule has 3 aromatic rings. The normalized spacial score (nSPS) is 15.4. The first-order valence-electron chi connectivity index (χ1n) is 9.95. The third-order valence-electron chi connectivity index (χ3n) is 5.59. The van der Waals surface area contributed by atoms with E-state index in [4.69, 9.17) is 30.5 Å². The topological polar surface area (TPSA) is 85.9 Å². The number of amides is 1. The van der Waals surface area contributed by atoms with Crippen LogP contribution >= 0.6 is 11.6 Å². The fraction of sp³-hybridized carbons (Fsp3) is 0.304. The quantitative estimate of drug-likeness (QED) is 0.516. The second-order valence-electron chi connectivity index (χ2n) is 7.21. The van der Waals surface area contributed by atoms with Crippen LogP contribution in [0.25, 0.3) is 11.3 Å². The van der Waals surface area contributed by atoms with Crippen LogP contribution in [0.1, 0.15) is 27.7 Å². The first-order chi connectivity index (χ1) is 15.5. The minimum atomic E-state index is -0.592. The number of methoxy groups -OCH3 is 4. The molecular formula is C23H24ClN3O5. The van der Waals surface area contributed by atoms with Crippen LogP contribution < -0.4 is 9.47 Å². The van der Waals surface area contributed by atoms with Crippen LogP contribution in [0.2, 0.25) is 5.02 Å². The van der Waals surface area contributed by atoms with E-state index in [1.165, 1.54) is 14.2 Å². The molecule has 0 aliphatic carbocycles. The predicted octanol–water partition coefficient (Wildman–Crippen LogP) is 3.91. The first-order valence-corrected chi connectivity index (χ1v) is 10.3. The molecule has 2 aromatic carbocycles. The van der Waals surface area contributed by atoms with Crippen molar-refractivity contribution in [3.8, 4) is 22.8 Å². The van der Waals surface area contributed by atoms with E-state index in [1.807, 2.05) is 30.3 Å². The summed E-state index contributed by atoms with van der Waals surface area (Å²) in [5.41, 5.74) is 3.34. The summed E-state index contributed by atoms with van der Waals surface area (Å²) in [7, 11) is 6.23. The number of fused-ring (bicyclic) bond motifs is 1. The molecule has 32 heavy (non-hydrogen) atoms. The number of aromatic amines is 1. The minimum Gasteiger partial charge on any atom is -0.493 e. The summed E-state index contributed by atoms with van der Waals surface area (Å²) in [4.78, 5) is 15.1. The molecule has 4 rings (SSSR count). The molecule has 2 heterocycles. The van der Waals surface area contributed by atoms with Crippen LogP contribution in [0, 0.1) is 0 Å². The maximum Gasteiger partial charge on any atom is 0.273 e. The number of ether oxygens (including phenoxy) is 4. The zero-order valence-corrected chi connectivity index (χ0v) is 19.0. The predicted molar refractivity (Wildman–Crippen MR) is 119 cm³/mol. The Labute approximate surface area is 191 Å². The SMILES string of the molecule is COc1ccc(-c2n[nH]c3c2C(c2ccccc2Cl)N(CC(OC)OC)C3=O)cc1OC. The van der Waals surface area contributed by atoms with Gasteiger partial charge >= 0.3 is 0 Å². The van der Waals surface area contributed by atoms with Crippen LogP contribution in [-0.2, 0) is 9.47 Å². The number of nitrogens with zero attached hydrogens (tertiary/aromatic N) is 2. The molecule has 1 amide bonds. The Morgan fingerprint density at radius 1 is 1.06 bits per heavy atom. The molecule has 0 saturated heterocycles. The Kier molecular flexibility index (Phi) is 6.36. The number of H-pyrrole nitrogens is 1. The third kappa shape index (κ3) is 3.70. The number of hydrogen-bond donors (Lipinski definition) is 1. The Bertz CT molecular complexity index is 1130. The highest BCUT2D eigenvalue weighted by Crippen LogP contribution is 2.45. The molecule has 0 bridgehead atoms. The van der Waals surface area contributed by atoms with Crippen molar-refractivity contribution in [2.75, 3.05) is 35.0 Å². The molecule has 1 aromatic heterocycles. The van der Waals surface area contributed by atoms with Gasteiger partial charge in [0.2, 0.25) is 0 Å². The third-order valence-corrected chi connectivity index (χ3v) is 5.94. The van der Waals surface area contributed by atoms with Gasteiger partial charge in [0.15, 0.2) is 17.8 Å². The fourth-order valence-corrected chi connectivity index (χ4v) is 4.25. The van der Waals surface area contributed by atoms with E-state index in [-0.39, 0.29) is 12.5 Å². The van der Waals surface area contributed by atoms with Gasteiger partial charge in [-0.05, 0) is 29.8 Å². The zero-order valence-electron chi connectivity index (χ0n) is 18.2. The summed E-state index contributed by atoms with van der Waals surface area (Å²) in [6.07, 6.45) is -0.592. The smallest absolute Gasteiger partial charge is 0.273 e. The Balaban J connectivity index is 1.87. The van der Waals surface area contributed by atoms with Crippen molar-refractivity contribution in [1.29, 1.82) is 0 Å². The molecule has 1 unspecified atom stereocenters. The molecule has 9 heteroatoms. The van der Waals surface area contributed by atoms with Crippen LogP contribution in [0.3, 0.4) is 0 Å². The average Bonchev–Trinajstić information content (AvgIpc) is 3.36. The van der Waals surface area contributed by atoms with Crippen molar-refractivity contribution < 1.29 is 23.7 Å². The molecule has 0 radical (unpaired) electrons. The molecule has 168 valence electrons. The minimum absolute atomic E-state index is 0.205. The van der Waals surface area contributed by atoms with E-state index in [9.17, 15) is 4.79 Å². The molecule has 1 N–H and O–H groups in total. The van der Waals surface area contributed by atoms with E-state index in [0.29, 0.717) is 27.9 Å². The number of nitrogens with one attached hydrogen (secondary N) is 1. The number of aromatic nitrogens is 2. The second-order valence-corrected chi connectivity index (χ2v) is 7.62. The lowest BCUT2D eigenvalue weighted by Crippen LogP contribution is -2.38. The largest absolute Gasteiger partial charge is 0.493 e. The second kappa shape index (κ2) is 9.20. The van der Waals surface area contributed by atoms with E-state index < -0.39 is 12.3 Å². The summed E-state index contributed by atoms with van der Waals surface area (Å²) >= 11 is 6.57. The van der Waals surface area contributed by atoms with Gasteiger partial charge in [0.05, 0.1) is 32.5 Å². The summed E-state index contributed by atoms with van der Waals surface area (Å²) in [5, 5.41) is 7.95. The van der Waals surface area contributed by atoms with Crippen LogP contribution in [0.5, 0.6) is 11.5 Å². The summed E-state index contributed by atoms with van der Waals surface area (Å²) in [5.74, 6) is 0.964. The van der Waals surface area contributed by atoms with Crippen LogP contribution in [0.15, 0.2) is 42.5 Å². The maximum absolute atomic E-state index is 13.4. The van der Waals surface area contributed by atoms with E-state index in [0.717, 1.165) is 16.7 Å². The summed E-state index contributed by atoms with van der Waals surface area (Å²) in [6, 6.07) is 12.5. The van der Waals surface area contributed by atoms with Crippen molar-refractivity contribution in [2.24, 2.45) is 0 Å². The Hall–Kier alpha value is -3.07. The van der Waals surface area contributed by atoms with Crippen molar-refractivity contribution in [1.82, 2.24) is 15.1 Å². The highest BCUT2D eigenvalue weighted by molar-refractivity contribution is 6.31. The highest BCUT2D eigenvalue weighted by atomic mass is 35.5. The van der Waals surface area contributed by atoms with Gasteiger partial charge in [0.1, 0.15) is 5.69 Å². The molecule has 1 aliphatic rings. The van der Waals surface area contributed by atoms with Crippen molar-refractivity contribution in [3.05, 3.63) is 64.3 Å². The number of hydrogen-bond acceptors (Lipinski definition) is 6. The molecule has 0 saturated carbocycles. The van der Waals surface area contributed by atoms with E-state index in [1.54, 1.807) is 31.3 Å². The van der Waals surface area contributed by atoms with Crippen molar-refractivity contribution in [3.63, 3.8) is 0 Å². The highest BCUT2D eigenvalue weighted by Gasteiger charge is 2.43. The van der Waals surface area contributed by atoms with Gasteiger partial charge in [-0.15, -0.1) is 0 Å². The lowest BCUT2D eigenvalue weighted by atomic mass is 9.96. The summed E-state index contributed by atoms with van der Waals surface area (Å²) < 4.78 is 21.5. The first kappa shape index (κ1) is 22.1. The van der Waals surface area contributed by atoms with Gasteiger partial charge in [-0.3, -0.25) is 9.89 Å². The molecule has 1 atom stereocenters. The number of benzene rings is 2. The van der Waals surface area contributed by atoms with Crippen molar-refractivity contribution in [2.45, 2.75) is 12.3 Å². The molecular weight excluding hydrogens is 434 g/mol. The van der Waals surface area contributed by atoms with Gasteiger partial charge in [-0.1, -0.05) is 29.8 Å². The molecule has 0 spiro atoms. The number of rotatable bonds is 8.